The van der Waals surface area contributed by atoms with E-state index in [0.717, 1.165) is 28.0 Å². The Balaban J connectivity index is 2.36. The fourth-order valence-electron chi connectivity index (χ4n) is 2.43. The fourth-order valence-corrected chi connectivity index (χ4v) is 6.15. The second-order valence-corrected chi connectivity index (χ2v) is 9.62. The number of nitrogens with zero attached hydrogens (tertiary/aromatic N) is 1. The van der Waals surface area contributed by atoms with Crippen molar-refractivity contribution in [3.8, 4) is 0 Å². The molecule has 118 valence electrons. The van der Waals surface area contributed by atoms with Gasteiger partial charge in [-0.2, -0.15) is 11.8 Å². The first kappa shape index (κ1) is 17.1. The molecule has 21 heavy (non-hydrogen) atoms. The number of anilines is 1. The van der Waals surface area contributed by atoms with Crippen molar-refractivity contribution in [2.45, 2.75) is 25.3 Å². The summed E-state index contributed by atoms with van der Waals surface area (Å²) in [6.45, 7) is 4.39. The predicted octanol–water partition coefficient (Wildman–Crippen LogP) is 2.78. The third kappa shape index (κ3) is 3.75. The maximum absolute atomic E-state index is 12.3. The van der Waals surface area contributed by atoms with Gasteiger partial charge in [-0.25, -0.2) is 8.42 Å². The van der Waals surface area contributed by atoms with E-state index in [4.69, 9.17) is 5.73 Å². The zero-order chi connectivity index (χ0) is 15.6. The Labute approximate surface area is 139 Å². The van der Waals surface area contributed by atoms with Gasteiger partial charge in [0.05, 0.1) is 0 Å². The van der Waals surface area contributed by atoms with E-state index in [1.54, 1.807) is 18.7 Å². The van der Waals surface area contributed by atoms with Gasteiger partial charge in [0.15, 0.2) is 9.84 Å². The molecule has 1 aromatic rings. The van der Waals surface area contributed by atoms with Crippen molar-refractivity contribution in [1.29, 1.82) is 0 Å². The van der Waals surface area contributed by atoms with Crippen LogP contribution in [0, 0.1) is 0 Å². The Hall–Kier alpha value is -0.240. The average Bonchev–Trinajstić information content (AvgIpc) is 2.46. The summed E-state index contributed by atoms with van der Waals surface area (Å²) in [5, 5.41) is -0.436. The number of sulfone groups is 1. The quantitative estimate of drug-likeness (QED) is 0.852. The zero-order valence-electron chi connectivity index (χ0n) is 12.3. The van der Waals surface area contributed by atoms with E-state index in [2.05, 4.69) is 15.9 Å². The number of hydrogen-bond acceptors (Lipinski definition) is 5. The van der Waals surface area contributed by atoms with Gasteiger partial charge >= 0.3 is 0 Å². The molecule has 0 bridgehead atoms. The smallest absolute Gasteiger partial charge is 0.171 e. The van der Waals surface area contributed by atoms with Gasteiger partial charge in [-0.05, 0) is 24.6 Å². The first-order valence-electron chi connectivity index (χ1n) is 6.97. The lowest BCUT2D eigenvalue weighted by Gasteiger charge is -2.36. The van der Waals surface area contributed by atoms with Crippen molar-refractivity contribution in [2.24, 2.45) is 5.73 Å². The van der Waals surface area contributed by atoms with Crippen molar-refractivity contribution in [1.82, 2.24) is 0 Å². The summed E-state index contributed by atoms with van der Waals surface area (Å²) in [6, 6.07) is 5.87. The molecule has 0 spiro atoms. The molecule has 7 heteroatoms. The van der Waals surface area contributed by atoms with Crippen molar-refractivity contribution < 1.29 is 8.42 Å². The number of hydrogen-bond donors (Lipinski definition) is 1. The predicted molar refractivity (Wildman–Crippen MR) is 94.7 cm³/mol. The molecule has 1 aliphatic rings. The first-order chi connectivity index (χ1) is 9.86. The largest absolute Gasteiger partial charge is 0.353 e. The van der Waals surface area contributed by atoms with Crippen LogP contribution in [0.3, 0.4) is 0 Å². The Morgan fingerprint density at radius 3 is 2.81 bits per heavy atom. The van der Waals surface area contributed by atoms with E-state index in [9.17, 15) is 8.42 Å². The molecule has 2 N–H and O–H groups in total. The van der Waals surface area contributed by atoms with E-state index in [0.29, 0.717) is 5.75 Å². The molecule has 1 saturated heterocycles. The minimum Gasteiger partial charge on any atom is -0.353 e. The standard InChI is InChI=1S/C14H21BrN2O2S2/c1-3-21(18,19)14-9-20-7-6-17(14)11-4-5-12(10(2)16)13(15)8-11/h4-5,8,10,14H,3,6-7,9,16H2,1-2H3. The normalized spacial score (nSPS) is 21.3. The summed E-state index contributed by atoms with van der Waals surface area (Å²) >= 11 is 5.24. The maximum Gasteiger partial charge on any atom is 0.171 e. The van der Waals surface area contributed by atoms with Gasteiger partial charge in [0.2, 0.25) is 0 Å². The van der Waals surface area contributed by atoms with Gasteiger partial charge in [0, 0.05) is 40.0 Å². The van der Waals surface area contributed by atoms with Gasteiger partial charge in [-0.1, -0.05) is 28.9 Å². The van der Waals surface area contributed by atoms with Gasteiger partial charge < -0.3 is 10.6 Å². The third-order valence-electron chi connectivity index (χ3n) is 3.71. The molecule has 2 unspecified atom stereocenters. The van der Waals surface area contributed by atoms with Gasteiger partial charge in [0.25, 0.3) is 0 Å². The van der Waals surface area contributed by atoms with Crippen LogP contribution < -0.4 is 10.6 Å². The highest BCUT2D eigenvalue weighted by Gasteiger charge is 2.33. The summed E-state index contributed by atoms with van der Waals surface area (Å²) in [5.74, 6) is 1.75. The highest BCUT2D eigenvalue weighted by molar-refractivity contribution is 9.10. The van der Waals surface area contributed by atoms with Crippen molar-refractivity contribution in [3.63, 3.8) is 0 Å². The lowest BCUT2D eigenvalue weighted by molar-refractivity contribution is 0.579. The average molecular weight is 393 g/mol. The molecule has 1 aromatic carbocycles. The maximum atomic E-state index is 12.3. The third-order valence-corrected chi connectivity index (χ3v) is 7.68. The van der Waals surface area contributed by atoms with E-state index >= 15 is 0 Å². The molecule has 2 rings (SSSR count). The lowest BCUT2D eigenvalue weighted by Crippen LogP contribution is -2.48. The number of halogens is 1. The Kier molecular flexibility index (Phi) is 5.62. The van der Waals surface area contributed by atoms with E-state index in [1.165, 1.54) is 0 Å². The van der Waals surface area contributed by atoms with Gasteiger partial charge in [-0.3, -0.25) is 0 Å². The minimum absolute atomic E-state index is 0.0551. The van der Waals surface area contributed by atoms with Crippen molar-refractivity contribution >= 4 is 43.2 Å². The molecular weight excluding hydrogens is 372 g/mol. The number of benzene rings is 1. The van der Waals surface area contributed by atoms with Crippen LogP contribution >= 0.6 is 27.7 Å². The van der Waals surface area contributed by atoms with E-state index < -0.39 is 15.2 Å². The molecule has 2 atom stereocenters. The first-order valence-corrected chi connectivity index (χ1v) is 10.6. The summed E-state index contributed by atoms with van der Waals surface area (Å²) in [4.78, 5) is 2.01. The number of thioether (sulfide) groups is 1. The summed E-state index contributed by atoms with van der Waals surface area (Å²) in [5.41, 5.74) is 7.88. The molecule has 1 heterocycles. The van der Waals surface area contributed by atoms with Crippen LogP contribution in [0.4, 0.5) is 5.69 Å². The van der Waals surface area contributed by atoms with Crippen LogP contribution in [0.25, 0.3) is 0 Å². The second kappa shape index (κ2) is 6.89. The van der Waals surface area contributed by atoms with Crippen LogP contribution in [0.15, 0.2) is 22.7 Å². The SMILES string of the molecule is CCS(=O)(=O)C1CSCCN1c1ccc(C(C)N)c(Br)c1. The molecule has 0 aliphatic carbocycles. The van der Waals surface area contributed by atoms with Crippen LogP contribution in [-0.4, -0.2) is 37.6 Å². The topological polar surface area (TPSA) is 63.4 Å². The van der Waals surface area contributed by atoms with Crippen LogP contribution in [0.5, 0.6) is 0 Å². The molecule has 0 amide bonds. The molecule has 1 fully saturated rings. The molecule has 0 saturated carbocycles. The van der Waals surface area contributed by atoms with E-state index in [1.807, 2.05) is 30.0 Å². The Bertz CT molecular complexity index is 605. The van der Waals surface area contributed by atoms with Gasteiger partial charge in [-0.15, -0.1) is 0 Å². The molecule has 0 radical (unpaired) electrons. The Morgan fingerprint density at radius 2 is 2.24 bits per heavy atom. The highest BCUT2D eigenvalue weighted by Crippen LogP contribution is 2.32. The summed E-state index contributed by atoms with van der Waals surface area (Å²) in [7, 11) is -3.09. The molecule has 0 aromatic heterocycles. The summed E-state index contributed by atoms with van der Waals surface area (Å²) in [6.07, 6.45) is 0. The van der Waals surface area contributed by atoms with Crippen LogP contribution in [0.2, 0.25) is 0 Å². The lowest BCUT2D eigenvalue weighted by atomic mass is 10.1. The minimum atomic E-state index is -3.09. The summed E-state index contributed by atoms with van der Waals surface area (Å²) < 4.78 is 25.6. The highest BCUT2D eigenvalue weighted by atomic mass is 79.9. The zero-order valence-corrected chi connectivity index (χ0v) is 15.5. The van der Waals surface area contributed by atoms with Crippen molar-refractivity contribution in [3.05, 3.63) is 28.2 Å². The molecule has 1 aliphatic heterocycles. The second-order valence-electron chi connectivity index (χ2n) is 5.17. The monoisotopic (exact) mass is 392 g/mol. The number of nitrogens with two attached hydrogens (primary N) is 1. The van der Waals surface area contributed by atoms with Crippen LogP contribution in [0.1, 0.15) is 25.5 Å². The number of rotatable bonds is 4. The molecule has 4 nitrogen and oxygen atoms in total. The van der Waals surface area contributed by atoms with Crippen molar-refractivity contribution in [2.75, 3.05) is 28.7 Å². The Morgan fingerprint density at radius 1 is 1.52 bits per heavy atom. The van der Waals surface area contributed by atoms with E-state index in [-0.39, 0.29) is 11.8 Å². The fraction of sp³-hybridized carbons (Fsp3) is 0.571. The van der Waals surface area contributed by atoms with Crippen LogP contribution in [-0.2, 0) is 9.84 Å². The molecular formula is C14H21BrN2O2S2. The van der Waals surface area contributed by atoms with Gasteiger partial charge in [0.1, 0.15) is 5.37 Å².